The Labute approximate surface area is 141 Å². The first-order valence-corrected chi connectivity index (χ1v) is 7.52. The summed E-state index contributed by atoms with van der Waals surface area (Å²) < 4.78 is 0. The van der Waals surface area contributed by atoms with Crippen molar-refractivity contribution in [2.24, 2.45) is 0 Å². The first-order valence-electron chi connectivity index (χ1n) is 6.76. The first kappa shape index (κ1) is 18.5. The molecule has 0 spiro atoms. The molecule has 2 rings (SSSR count). The Kier molecular flexibility index (Phi) is 7.77. The van der Waals surface area contributed by atoms with E-state index in [1.807, 2.05) is 0 Å². The number of anilines is 1. The molecule has 1 heterocycles. The molecule has 0 aliphatic carbocycles. The van der Waals surface area contributed by atoms with E-state index in [1.165, 1.54) is 0 Å². The third-order valence-corrected chi connectivity index (χ3v) is 4.12. The summed E-state index contributed by atoms with van der Waals surface area (Å²) in [5, 5.41) is 7.04. The highest BCUT2D eigenvalue weighted by Crippen LogP contribution is 2.29. The molecule has 4 nitrogen and oxygen atoms in total. The van der Waals surface area contributed by atoms with Crippen molar-refractivity contribution in [1.29, 1.82) is 0 Å². The minimum atomic E-state index is -0.0641. The van der Waals surface area contributed by atoms with Gasteiger partial charge in [0.1, 0.15) is 0 Å². The lowest BCUT2D eigenvalue weighted by atomic mass is 10.2. The standard InChI is InChI=1S/C14H19Cl2N3O.ClH/c1-10-9-17-6-8-19(10)7-5-13(20)18-14-11(15)3-2-4-12(14)16;/h2-4,10,17H,5-9H2,1H3,(H,18,20);1H. The maximum atomic E-state index is 12.0. The van der Waals surface area contributed by atoms with Crippen LogP contribution in [0.4, 0.5) is 5.69 Å². The zero-order chi connectivity index (χ0) is 14.5. The van der Waals surface area contributed by atoms with Gasteiger partial charge >= 0.3 is 0 Å². The summed E-state index contributed by atoms with van der Waals surface area (Å²) >= 11 is 12.1. The number of hydrogen-bond donors (Lipinski definition) is 2. The molecule has 1 aromatic carbocycles. The Hall–Kier alpha value is -0.520. The number of piperazine rings is 1. The Morgan fingerprint density at radius 3 is 2.71 bits per heavy atom. The number of nitrogens with one attached hydrogen (secondary N) is 2. The quantitative estimate of drug-likeness (QED) is 0.875. The summed E-state index contributed by atoms with van der Waals surface area (Å²) in [7, 11) is 0. The van der Waals surface area contributed by atoms with E-state index < -0.39 is 0 Å². The van der Waals surface area contributed by atoms with Gasteiger partial charge in [0.15, 0.2) is 0 Å². The lowest BCUT2D eigenvalue weighted by Gasteiger charge is -2.33. The van der Waals surface area contributed by atoms with Crippen LogP contribution in [0.5, 0.6) is 0 Å². The van der Waals surface area contributed by atoms with Crippen LogP contribution in [0.2, 0.25) is 10.0 Å². The molecule has 1 aliphatic heterocycles. The van der Waals surface area contributed by atoms with E-state index in [4.69, 9.17) is 23.2 Å². The summed E-state index contributed by atoms with van der Waals surface area (Å²) in [6.45, 7) is 5.83. The summed E-state index contributed by atoms with van der Waals surface area (Å²) in [4.78, 5) is 14.3. The number of carbonyl (C=O) groups excluding carboxylic acids is 1. The van der Waals surface area contributed by atoms with Crippen molar-refractivity contribution in [2.45, 2.75) is 19.4 Å². The smallest absolute Gasteiger partial charge is 0.225 e. The van der Waals surface area contributed by atoms with E-state index >= 15 is 0 Å². The van der Waals surface area contributed by atoms with Crippen molar-refractivity contribution >= 4 is 47.2 Å². The van der Waals surface area contributed by atoms with Gasteiger partial charge in [0.2, 0.25) is 5.91 Å². The van der Waals surface area contributed by atoms with E-state index in [9.17, 15) is 4.79 Å². The molecule has 1 saturated heterocycles. The molecule has 1 atom stereocenters. The number of carbonyl (C=O) groups is 1. The normalized spacial score (nSPS) is 18.9. The summed E-state index contributed by atoms with van der Waals surface area (Å²) in [5.74, 6) is -0.0641. The van der Waals surface area contributed by atoms with Crippen LogP contribution in [0.3, 0.4) is 0 Å². The Morgan fingerprint density at radius 1 is 1.43 bits per heavy atom. The van der Waals surface area contributed by atoms with Crippen LogP contribution >= 0.6 is 35.6 Å². The van der Waals surface area contributed by atoms with Gasteiger partial charge in [-0.05, 0) is 19.1 Å². The summed E-state index contributed by atoms with van der Waals surface area (Å²) in [5.41, 5.74) is 0.495. The number of rotatable bonds is 4. The van der Waals surface area contributed by atoms with Gasteiger partial charge < -0.3 is 10.6 Å². The summed E-state index contributed by atoms with van der Waals surface area (Å²) in [6.07, 6.45) is 0.436. The van der Waals surface area contributed by atoms with Crippen LogP contribution in [0.25, 0.3) is 0 Å². The second-order valence-electron chi connectivity index (χ2n) is 4.98. The molecule has 0 bridgehead atoms. The maximum absolute atomic E-state index is 12.0. The third kappa shape index (κ3) is 5.31. The van der Waals surface area contributed by atoms with Crippen molar-refractivity contribution in [3.8, 4) is 0 Å². The molecule has 1 aliphatic rings. The lowest BCUT2D eigenvalue weighted by Crippen LogP contribution is -2.50. The monoisotopic (exact) mass is 351 g/mol. The number of benzene rings is 1. The lowest BCUT2D eigenvalue weighted by molar-refractivity contribution is -0.116. The predicted octanol–water partition coefficient (Wildman–Crippen LogP) is 3.04. The van der Waals surface area contributed by atoms with Gasteiger partial charge in [0, 0.05) is 38.6 Å². The second kappa shape index (κ2) is 8.81. The van der Waals surface area contributed by atoms with Crippen LogP contribution in [-0.4, -0.2) is 43.0 Å². The summed E-state index contributed by atoms with van der Waals surface area (Å²) in [6, 6.07) is 5.63. The third-order valence-electron chi connectivity index (χ3n) is 3.49. The van der Waals surface area contributed by atoms with Crippen molar-refractivity contribution in [1.82, 2.24) is 10.2 Å². The average molecular weight is 353 g/mol. The molecule has 0 radical (unpaired) electrons. The molecular formula is C14H20Cl3N3O. The van der Waals surface area contributed by atoms with Crippen LogP contribution in [0.1, 0.15) is 13.3 Å². The van der Waals surface area contributed by atoms with Crippen molar-refractivity contribution in [3.63, 3.8) is 0 Å². The number of nitrogens with zero attached hydrogens (tertiary/aromatic N) is 1. The van der Waals surface area contributed by atoms with Crippen molar-refractivity contribution < 1.29 is 4.79 Å². The first-order chi connectivity index (χ1) is 9.58. The molecule has 0 aromatic heterocycles. The maximum Gasteiger partial charge on any atom is 0.225 e. The molecule has 118 valence electrons. The van der Waals surface area contributed by atoms with E-state index in [0.29, 0.717) is 28.2 Å². The van der Waals surface area contributed by atoms with E-state index in [0.717, 1.165) is 26.2 Å². The minimum Gasteiger partial charge on any atom is -0.324 e. The molecule has 0 saturated carbocycles. The second-order valence-corrected chi connectivity index (χ2v) is 5.80. The minimum absolute atomic E-state index is 0. The van der Waals surface area contributed by atoms with Crippen LogP contribution in [0, 0.1) is 0 Å². The molecule has 1 unspecified atom stereocenters. The number of halogens is 3. The van der Waals surface area contributed by atoms with Crippen LogP contribution in [-0.2, 0) is 4.79 Å². The Balaban J connectivity index is 0.00000220. The Bertz CT molecular complexity index is 464. The molecule has 21 heavy (non-hydrogen) atoms. The Morgan fingerprint density at radius 2 is 2.10 bits per heavy atom. The number of hydrogen-bond acceptors (Lipinski definition) is 3. The molecule has 1 fully saturated rings. The average Bonchev–Trinajstić information content (AvgIpc) is 2.42. The fraction of sp³-hybridized carbons (Fsp3) is 0.500. The van der Waals surface area contributed by atoms with Gasteiger partial charge in [-0.25, -0.2) is 0 Å². The fourth-order valence-corrected chi connectivity index (χ4v) is 2.77. The van der Waals surface area contributed by atoms with Crippen LogP contribution in [0.15, 0.2) is 18.2 Å². The molecule has 1 aromatic rings. The van der Waals surface area contributed by atoms with Crippen LogP contribution < -0.4 is 10.6 Å². The largest absolute Gasteiger partial charge is 0.324 e. The SMILES string of the molecule is CC1CNCCN1CCC(=O)Nc1c(Cl)cccc1Cl.Cl. The van der Waals surface area contributed by atoms with Crippen molar-refractivity contribution in [3.05, 3.63) is 28.2 Å². The molecule has 2 N–H and O–H groups in total. The van der Waals surface area contributed by atoms with E-state index in [2.05, 4.69) is 22.5 Å². The van der Waals surface area contributed by atoms with Gasteiger partial charge in [-0.1, -0.05) is 29.3 Å². The van der Waals surface area contributed by atoms with Gasteiger partial charge in [-0.2, -0.15) is 0 Å². The predicted molar refractivity (Wildman–Crippen MR) is 90.9 cm³/mol. The fourth-order valence-electron chi connectivity index (χ4n) is 2.28. The molecule has 7 heteroatoms. The highest BCUT2D eigenvalue weighted by Gasteiger charge is 2.18. The topological polar surface area (TPSA) is 44.4 Å². The highest BCUT2D eigenvalue weighted by molar-refractivity contribution is 6.39. The number of amides is 1. The number of para-hydroxylation sites is 1. The van der Waals surface area contributed by atoms with Gasteiger partial charge in [0.05, 0.1) is 15.7 Å². The van der Waals surface area contributed by atoms with E-state index in [1.54, 1.807) is 18.2 Å². The van der Waals surface area contributed by atoms with Gasteiger partial charge in [0.25, 0.3) is 0 Å². The van der Waals surface area contributed by atoms with Crippen molar-refractivity contribution in [2.75, 3.05) is 31.5 Å². The van der Waals surface area contributed by atoms with Gasteiger partial charge in [-0.3, -0.25) is 9.69 Å². The molecular weight excluding hydrogens is 333 g/mol. The highest BCUT2D eigenvalue weighted by atomic mass is 35.5. The zero-order valence-electron chi connectivity index (χ0n) is 11.9. The molecule has 1 amide bonds. The van der Waals surface area contributed by atoms with Gasteiger partial charge in [-0.15, -0.1) is 12.4 Å². The van der Waals surface area contributed by atoms with E-state index in [-0.39, 0.29) is 18.3 Å². The zero-order valence-corrected chi connectivity index (χ0v) is 14.2.